The largest absolute Gasteiger partial charge is 0.379 e. The Morgan fingerprint density at radius 1 is 1.23 bits per heavy atom. The topological polar surface area (TPSA) is 84.7 Å². The Hall–Kier alpha value is -1.45. The van der Waals surface area contributed by atoms with Crippen LogP contribution in [0.25, 0.3) is 0 Å². The maximum atomic E-state index is 12.9. The van der Waals surface area contributed by atoms with Gasteiger partial charge in [-0.2, -0.15) is 9.40 Å². The Bertz CT molecular complexity index is 747. The molecule has 26 heavy (non-hydrogen) atoms. The second-order valence-corrected chi connectivity index (χ2v) is 10.1. The molecule has 2 fully saturated rings. The number of piperidine rings is 1. The fourth-order valence-corrected chi connectivity index (χ4v) is 5.27. The molecule has 0 N–H and O–H groups in total. The lowest BCUT2D eigenvalue weighted by Gasteiger charge is -2.36. The molecule has 1 atom stereocenters. The number of amides is 1. The molecule has 0 radical (unpaired) electrons. The third-order valence-electron chi connectivity index (χ3n) is 4.93. The van der Waals surface area contributed by atoms with Gasteiger partial charge in [0.25, 0.3) is 5.91 Å². The van der Waals surface area contributed by atoms with E-state index in [-0.39, 0.29) is 18.0 Å². The average Bonchev–Trinajstić information content (AvgIpc) is 3.12. The minimum Gasteiger partial charge on any atom is -0.379 e. The molecule has 0 aromatic carbocycles. The van der Waals surface area contributed by atoms with Gasteiger partial charge in [0, 0.05) is 32.4 Å². The van der Waals surface area contributed by atoms with E-state index in [2.05, 4.69) is 5.10 Å². The summed E-state index contributed by atoms with van der Waals surface area (Å²) in [6.07, 6.45) is 4.58. The molecule has 3 heterocycles. The molecule has 0 spiro atoms. The lowest BCUT2D eigenvalue weighted by molar-refractivity contribution is 0.0685. The van der Waals surface area contributed by atoms with Gasteiger partial charge in [-0.15, -0.1) is 0 Å². The average molecular weight is 385 g/mol. The standard InChI is InChI=1S/C17H28N4O4S/c1-17(2,3)21-12-14(11-18-21)16(22)19-6-4-5-15(13-19)26(23,24)20-7-9-25-10-8-20/h11-12,15H,4-10,13H2,1-3H3/t15-/m1/s1. The number of ether oxygens (including phenoxy) is 1. The first kappa shape index (κ1) is 19.3. The molecule has 1 amide bonds. The van der Waals surface area contributed by atoms with Crippen LogP contribution in [0.3, 0.4) is 0 Å². The monoisotopic (exact) mass is 384 g/mol. The van der Waals surface area contributed by atoms with Crippen LogP contribution >= 0.6 is 0 Å². The fourth-order valence-electron chi connectivity index (χ4n) is 3.36. The van der Waals surface area contributed by atoms with Crippen LogP contribution in [-0.2, 0) is 20.3 Å². The van der Waals surface area contributed by atoms with Crippen molar-refractivity contribution in [3.8, 4) is 0 Å². The first-order valence-electron chi connectivity index (χ1n) is 9.11. The van der Waals surface area contributed by atoms with Gasteiger partial charge in [-0.1, -0.05) is 0 Å². The van der Waals surface area contributed by atoms with Crippen LogP contribution in [0.1, 0.15) is 44.0 Å². The van der Waals surface area contributed by atoms with E-state index in [1.165, 1.54) is 4.31 Å². The zero-order valence-corrected chi connectivity index (χ0v) is 16.5. The van der Waals surface area contributed by atoms with Crippen molar-refractivity contribution in [2.75, 3.05) is 39.4 Å². The van der Waals surface area contributed by atoms with Crippen LogP contribution in [-0.4, -0.2) is 78.0 Å². The summed E-state index contributed by atoms with van der Waals surface area (Å²) in [5.41, 5.74) is 0.298. The number of morpholine rings is 1. The van der Waals surface area contributed by atoms with Crippen LogP contribution in [0.5, 0.6) is 0 Å². The van der Waals surface area contributed by atoms with E-state index in [0.29, 0.717) is 51.3 Å². The van der Waals surface area contributed by atoms with Crippen molar-refractivity contribution >= 4 is 15.9 Å². The summed E-state index contributed by atoms with van der Waals surface area (Å²) < 4.78 is 34.3. The quantitative estimate of drug-likeness (QED) is 0.773. The number of carbonyl (C=O) groups excluding carboxylic acids is 1. The van der Waals surface area contributed by atoms with Gasteiger partial charge in [-0.05, 0) is 33.6 Å². The van der Waals surface area contributed by atoms with Gasteiger partial charge in [0.15, 0.2) is 0 Å². The molecule has 2 aliphatic heterocycles. The Kier molecular flexibility index (Phi) is 5.41. The molecule has 0 unspecified atom stereocenters. The minimum absolute atomic E-state index is 0.151. The summed E-state index contributed by atoms with van der Waals surface area (Å²) >= 11 is 0. The molecular weight excluding hydrogens is 356 g/mol. The second kappa shape index (κ2) is 7.28. The smallest absolute Gasteiger partial charge is 0.257 e. The molecule has 8 nitrogen and oxygen atoms in total. The van der Waals surface area contributed by atoms with Crippen molar-refractivity contribution in [2.24, 2.45) is 0 Å². The van der Waals surface area contributed by atoms with Gasteiger partial charge < -0.3 is 9.64 Å². The molecule has 9 heteroatoms. The van der Waals surface area contributed by atoms with Crippen molar-refractivity contribution in [3.05, 3.63) is 18.0 Å². The summed E-state index contributed by atoms with van der Waals surface area (Å²) in [4.78, 5) is 14.5. The highest BCUT2D eigenvalue weighted by Gasteiger charge is 2.37. The number of rotatable bonds is 3. The molecule has 3 rings (SSSR count). The minimum atomic E-state index is -3.41. The number of likely N-dealkylation sites (tertiary alicyclic amines) is 1. The predicted molar refractivity (Wildman–Crippen MR) is 97.5 cm³/mol. The maximum Gasteiger partial charge on any atom is 0.257 e. The highest BCUT2D eigenvalue weighted by Crippen LogP contribution is 2.23. The first-order valence-corrected chi connectivity index (χ1v) is 10.6. The fraction of sp³-hybridized carbons (Fsp3) is 0.765. The van der Waals surface area contributed by atoms with Crippen LogP contribution in [0.4, 0.5) is 0 Å². The van der Waals surface area contributed by atoms with Crippen molar-refractivity contribution in [2.45, 2.75) is 44.4 Å². The third kappa shape index (κ3) is 3.94. The Labute approximate surface area is 155 Å². The number of carbonyl (C=O) groups is 1. The highest BCUT2D eigenvalue weighted by atomic mass is 32.2. The summed E-state index contributed by atoms with van der Waals surface area (Å²) in [6.45, 7) is 8.51. The number of hydrogen-bond donors (Lipinski definition) is 0. The molecule has 0 aliphatic carbocycles. The van der Waals surface area contributed by atoms with Crippen LogP contribution in [0.15, 0.2) is 12.4 Å². The maximum absolute atomic E-state index is 12.9. The summed E-state index contributed by atoms with van der Waals surface area (Å²) in [5.74, 6) is -0.151. The number of aromatic nitrogens is 2. The lowest BCUT2D eigenvalue weighted by atomic mass is 10.1. The van der Waals surface area contributed by atoms with E-state index in [9.17, 15) is 13.2 Å². The van der Waals surface area contributed by atoms with Gasteiger partial charge in [0.2, 0.25) is 10.0 Å². The predicted octanol–water partition coefficient (Wildman–Crippen LogP) is 0.905. The molecular formula is C17H28N4O4S. The van der Waals surface area contributed by atoms with Crippen LogP contribution in [0, 0.1) is 0 Å². The number of nitrogens with zero attached hydrogens (tertiary/aromatic N) is 4. The van der Waals surface area contributed by atoms with Crippen molar-refractivity contribution in [1.29, 1.82) is 0 Å². The third-order valence-corrected chi connectivity index (χ3v) is 7.25. The van der Waals surface area contributed by atoms with Gasteiger partial charge >= 0.3 is 0 Å². The first-order chi connectivity index (χ1) is 12.2. The lowest BCUT2D eigenvalue weighted by Crippen LogP contribution is -2.51. The Morgan fingerprint density at radius 3 is 2.54 bits per heavy atom. The zero-order valence-electron chi connectivity index (χ0n) is 15.7. The van der Waals surface area contributed by atoms with Crippen LogP contribution in [0.2, 0.25) is 0 Å². The molecule has 0 bridgehead atoms. The molecule has 1 aromatic rings. The number of sulfonamides is 1. The van der Waals surface area contributed by atoms with Crippen LogP contribution < -0.4 is 0 Å². The van der Waals surface area contributed by atoms with Crippen molar-refractivity contribution in [3.63, 3.8) is 0 Å². The van der Waals surface area contributed by atoms with Crippen molar-refractivity contribution < 1.29 is 17.9 Å². The van der Waals surface area contributed by atoms with E-state index >= 15 is 0 Å². The van der Waals surface area contributed by atoms with Gasteiger partial charge in [0.1, 0.15) is 0 Å². The molecule has 2 saturated heterocycles. The van der Waals surface area contributed by atoms with Gasteiger partial charge in [-0.3, -0.25) is 9.48 Å². The van der Waals surface area contributed by atoms with Gasteiger partial charge in [0.05, 0.1) is 35.8 Å². The normalized spacial score (nSPS) is 23.2. The second-order valence-electron chi connectivity index (χ2n) is 7.92. The van der Waals surface area contributed by atoms with E-state index in [4.69, 9.17) is 4.74 Å². The van der Waals surface area contributed by atoms with E-state index < -0.39 is 15.3 Å². The SMILES string of the molecule is CC(C)(C)n1cc(C(=O)N2CCC[C@@H](S(=O)(=O)N3CCOCC3)C2)cn1. The molecule has 1 aromatic heterocycles. The summed E-state index contributed by atoms with van der Waals surface area (Å²) in [7, 11) is -3.41. The summed E-state index contributed by atoms with van der Waals surface area (Å²) in [5, 5.41) is 3.73. The number of hydrogen-bond acceptors (Lipinski definition) is 5. The van der Waals surface area contributed by atoms with Crippen molar-refractivity contribution in [1.82, 2.24) is 19.0 Å². The van der Waals surface area contributed by atoms with E-state index in [1.807, 2.05) is 20.8 Å². The van der Waals surface area contributed by atoms with E-state index in [0.717, 1.165) is 0 Å². The van der Waals surface area contributed by atoms with E-state index in [1.54, 1.807) is 22.0 Å². The molecule has 146 valence electrons. The van der Waals surface area contributed by atoms with Gasteiger partial charge in [-0.25, -0.2) is 8.42 Å². The highest BCUT2D eigenvalue weighted by molar-refractivity contribution is 7.89. The Morgan fingerprint density at radius 2 is 1.92 bits per heavy atom. The zero-order chi connectivity index (χ0) is 18.9. The molecule has 2 aliphatic rings. The Balaban J connectivity index is 1.71. The molecule has 0 saturated carbocycles. The summed E-state index contributed by atoms with van der Waals surface area (Å²) in [6, 6.07) is 0.